The molecule has 0 spiro atoms. The van der Waals surface area contributed by atoms with Gasteiger partial charge in [0.25, 0.3) is 0 Å². The number of aryl methyl sites for hydroxylation is 2. The van der Waals surface area contributed by atoms with Crippen molar-refractivity contribution in [1.29, 1.82) is 0 Å². The summed E-state index contributed by atoms with van der Waals surface area (Å²) in [6.07, 6.45) is 4.81. The highest BCUT2D eigenvalue weighted by Gasteiger charge is 2.15. The van der Waals surface area contributed by atoms with Crippen LogP contribution in [0, 0.1) is 6.92 Å². The maximum absolute atomic E-state index is 4.51. The lowest BCUT2D eigenvalue weighted by Crippen LogP contribution is -2.13. The molecule has 14 heavy (non-hydrogen) atoms. The van der Waals surface area contributed by atoms with Gasteiger partial charge in [-0.1, -0.05) is 0 Å². The molecule has 3 heteroatoms. The lowest BCUT2D eigenvalue weighted by atomic mass is 9.96. The van der Waals surface area contributed by atoms with Crippen molar-refractivity contribution in [1.82, 2.24) is 9.97 Å². The Morgan fingerprint density at radius 3 is 2.79 bits per heavy atom. The standard InChI is InChI=1S/C11H17N3/c1-3-12-11-9-6-4-5-7-10(9)13-8(2)14-11/h3-7H2,1-2H3,(H,12,13,14). The number of nitrogens with zero attached hydrogens (tertiary/aromatic N) is 2. The van der Waals surface area contributed by atoms with Crippen molar-refractivity contribution in [2.45, 2.75) is 39.5 Å². The summed E-state index contributed by atoms with van der Waals surface area (Å²) >= 11 is 0. The maximum Gasteiger partial charge on any atom is 0.133 e. The number of hydrogen-bond donors (Lipinski definition) is 1. The molecular formula is C11H17N3. The highest BCUT2D eigenvalue weighted by Crippen LogP contribution is 2.24. The first-order valence-corrected chi connectivity index (χ1v) is 5.41. The molecule has 1 aromatic heterocycles. The molecule has 0 saturated carbocycles. The van der Waals surface area contributed by atoms with Crippen molar-refractivity contribution >= 4 is 5.82 Å². The highest BCUT2D eigenvalue weighted by molar-refractivity contribution is 5.47. The van der Waals surface area contributed by atoms with Gasteiger partial charge in [-0.05, 0) is 39.5 Å². The minimum absolute atomic E-state index is 0.890. The average Bonchev–Trinajstić information content (AvgIpc) is 2.18. The van der Waals surface area contributed by atoms with Gasteiger partial charge in [0, 0.05) is 17.8 Å². The Balaban J connectivity index is 2.41. The number of aromatic nitrogens is 2. The summed E-state index contributed by atoms with van der Waals surface area (Å²) in [4.78, 5) is 8.96. The molecule has 1 aliphatic carbocycles. The van der Waals surface area contributed by atoms with Crippen molar-refractivity contribution < 1.29 is 0 Å². The predicted octanol–water partition coefficient (Wildman–Crippen LogP) is 2.10. The van der Waals surface area contributed by atoms with Gasteiger partial charge in [-0.25, -0.2) is 9.97 Å². The molecule has 1 heterocycles. The first kappa shape index (κ1) is 9.44. The number of nitrogens with one attached hydrogen (secondary N) is 1. The third kappa shape index (κ3) is 1.72. The van der Waals surface area contributed by atoms with Crippen molar-refractivity contribution in [3.8, 4) is 0 Å². The van der Waals surface area contributed by atoms with Crippen LogP contribution in [0.15, 0.2) is 0 Å². The molecule has 0 amide bonds. The van der Waals surface area contributed by atoms with Gasteiger partial charge in [-0.15, -0.1) is 0 Å². The Labute approximate surface area is 85.0 Å². The third-order valence-corrected chi connectivity index (χ3v) is 2.64. The summed E-state index contributed by atoms with van der Waals surface area (Å²) in [5, 5.41) is 3.33. The van der Waals surface area contributed by atoms with Crippen molar-refractivity contribution in [3.05, 3.63) is 17.1 Å². The molecule has 0 radical (unpaired) electrons. The van der Waals surface area contributed by atoms with Gasteiger partial charge in [0.15, 0.2) is 0 Å². The molecule has 3 nitrogen and oxygen atoms in total. The van der Waals surface area contributed by atoms with Crippen LogP contribution in [0.1, 0.15) is 36.8 Å². The highest BCUT2D eigenvalue weighted by atomic mass is 15.0. The van der Waals surface area contributed by atoms with E-state index in [2.05, 4.69) is 22.2 Å². The summed E-state index contributed by atoms with van der Waals surface area (Å²) in [5.74, 6) is 1.95. The van der Waals surface area contributed by atoms with E-state index >= 15 is 0 Å². The molecule has 0 saturated heterocycles. The molecule has 0 fully saturated rings. The van der Waals surface area contributed by atoms with Crippen LogP contribution in [0.2, 0.25) is 0 Å². The van der Waals surface area contributed by atoms with E-state index in [0.717, 1.165) is 31.0 Å². The number of fused-ring (bicyclic) bond motifs is 1. The molecule has 1 N–H and O–H groups in total. The van der Waals surface area contributed by atoms with Gasteiger partial charge < -0.3 is 5.32 Å². The number of anilines is 1. The minimum atomic E-state index is 0.890. The van der Waals surface area contributed by atoms with Crippen LogP contribution < -0.4 is 5.32 Å². The fourth-order valence-corrected chi connectivity index (χ4v) is 2.03. The van der Waals surface area contributed by atoms with Gasteiger partial charge in [0.05, 0.1) is 0 Å². The van der Waals surface area contributed by atoms with Crippen LogP contribution in [0.4, 0.5) is 5.82 Å². The Morgan fingerprint density at radius 1 is 1.21 bits per heavy atom. The first-order valence-electron chi connectivity index (χ1n) is 5.41. The topological polar surface area (TPSA) is 37.8 Å². The Morgan fingerprint density at radius 2 is 2.00 bits per heavy atom. The normalized spacial score (nSPS) is 15.0. The van der Waals surface area contributed by atoms with Crippen LogP contribution in [0.5, 0.6) is 0 Å². The van der Waals surface area contributed by atoms with Gasteiger partial charge in [0.2, 0.25) is 0 Å². The average molecular weight is 191 g/mol. The van der Waals surface area contributed by atoms with Gasteiger partial charge >= 0.3 is 0 Å². The molecule has 1 aliphatic rings. The summed E-state index contributed by atoms with van der Waals surface area (Å²) < 4.78 is 0. The Hall–Kier alpha value is -1.12. The lowest BCUT2D eigenvalue weighted by molar-refractivity contribution is 0.659. The zero-order valence-corrected chi connectivity index (χ0v) is 8.93. The summed E-state index contributed by atoms with van der Waals surface area (Å²) in [6.45, 7) is 5.01. The molecule has 76 valence electrons. The van der Waals surface area contributed by atoms with Crippen LogP contribution in [0.3, 0.4) is 0 Å². The quantitative estimate of drug-likeness (QED) is 0.778. The molecule has 0 atom stereocenters. The first-order chi connectivity index (χ1) is 6.81. The Kier molecular flexibility index (Phi) is 2.66. The zero-order chi connectivity index (χ0) is 9.97. The summed E-state index contributed by atoms with van der Waals surface area (Å²) in [5.41, 5.74) is 2.61. The third-order valence-electron chi connectivity index (χ3n) is 2.64. The fraction of sp³-hybridized carbons (Fsp3) is 0.636. The maximum atomic E-state index is 4.51. The van der Waals surface area contributed by atoms with Crippen LogP contribution >= 0.6 is 0 Å². The van der Waals surface area contributed by atoms with Crippen LogP contribution in [0.25, 0.3) is 0 Å². The summed E-state index contributed by atoms with van der Waals surface area (Å²) in [6, 6.07) is 0. The van der Waals surface area contributed by atoms with E-state index in [0.29, 0.717) is 0 Å². The number of rotatable bonds is 2. The second-order valence-corrected chi connectivity index (χ2v) is 3.78. The van der Waals surface area contributed by atoms with E-state index in [1.54, 1.807) is 0 Å². The van der Waals surface area contributed by atoms with Gasteiger partial charge in [-0.2, -0.15) is 0 Å². The molecule has 0 unspecified atom stereocenters. The fourth-order valence-electron chi connectivity index (χ4n) is 2.03. The molecular weight excluding hydrogens is 174 g/mol. The van der Waals surface area contributed by atoms with Crippen LogP contribution in [-0.4, -0.2) is 16.5 Å². The largest absolute Gasteiger partial charge is 0.370 e. The minimum Gasteiger partial charge on any atom is -0.370 e. The van der Waals surface area contributed by atoms with E-state index in [9.17, 15) is 0 Å². The van der Waals surface area contributed by atoms with Crippen LogP contribution in [-0.2, 0) is 12.8 Å². The molecule has 0 aliphatic heterocycles. The van der Waals surface area contributed by atoms with Gasteiger partial charge in [0.1, 0.15) is 11.6 Å². The summed E-state index contributed by atoms with van der Waals surface area (Å²) in [7, 11) is 0. The predicted molar refractivity (Wildman–Crippen MR) is 57.6 cm³/mol. The van der Waals surface area contributed by atoms with E-state index in [1.165, 1.54) is 24.1 Å². The number of hydrogen-bond acceptors (Lipinski definition) is 3. The second kappa shape index (κ2) is 3.95. The van der Waals surface area contributed by atoms with Crippen molar-refractivity contribution in [2.24, 2.45) is 0 Å². The van der Waals surface area contributed by atoms with E-state index in [-0.39, 0.29) is 0 Å². The van der Waals surface area contributed by atoms with Crippen molar-refractivity contribution in [3.63, 3.8) is 0 Å². The molecule has 0 aromatic carbocycles. The molecule has 2 rings (SSSR count). The Bertz CT molecular complexity index is 334. The van der Waals surface area contributed by atoms with E-state index in [1.807, 2.05) is 6.92 Å². The second-order valence-electron chi connectivity index (χ2n) is 3.78. The molecule has 0 bridgehead atoms. The molecule has 1 aromatic rings. The SMILES string of the molecule is CCNc1nc(C)nc2c1CCCC2. The smallest absolute Gasteiger partial charge is 0.133 e. The monoisotopic (exact) mass is 191 g/mol. The lowest BCUT2D eigenvalue weighted by Gasteiger charge is -2.18. The van der Waals surface area contributed by atoms with E-state index in [4.69, 9.17) is 0 Å². The zero-order valence-electron chi connectivity index (χ0n) is 8.93. The van der Waals surface area contributed by atoms with Crippen molar-refractivity contribution in [2.75, 3.05) is 11.9 Å². The van der Waals surface area contributed by atoms with E-state index < -0.39 is 0 Å². The van der Waals surface area contributed by atoms with Gasteiger partial charge in [-0.3, -0.25) is 0 Å².